The average Bonchev–Trinajstić information content (AvgIpc) is 3.44. The number of carbonyl (C=O) groups is 1. The van der Waals surface area contributed by atoms with Gasteiger partial charge in [0.15, 0.2) is 11.5 Å². The van der Waals surface area contributed by atoms with Crippen LogP contribution < -0.4 is 14.8 Å². The molecule has 4 rings (SSSR count). The summed E-state index contributed by atoms with van der Waals surface area (Å²) in [6.45, 7) is 0. The molecule has 0 atom stereocenters. The van der Waals surface area contributed by atoms with Crippen LogP contribution in [-0.4, -0.2) is 25.1 Å². The van der Waals surface area contributed by atoms with E-state index in [-0.39, 0.29) is 11.8 Å². The SMILES string of the molecule is COc1ccc(-c2csc(-c3cccc(NC(=O)C4CC4)c3)n2)cc1OC. The van der Waals surface area contributed by atoms with Crippen molar-refractivity contribution in [2.24, 2.45) is 5.92 Å². The van der Waals surface area contributed by atoms with E-state index in [4.69, 9.17) is 14.5 Å². The van der Waals surface area contributed by atoms with Crippen LogP contribution in [0.4, 0.5) is 5.69 Å². The third-order valence-corrected chi connectivity index (χ3v) is 5.40. The van der Waals surface area contributed by atoms with Crippen LogP contribution in [0.3, 0.4) is 0 Å². The van der Waals surface area contributed by atoms with Gasteiger partial charge in [-0.3, -0.25) is 4.79 Å². The Labute approximate surface area is 162 Å². The van der Waals surface area contributed by atoms with Crippen LogP contribution in [0.1, 0.15) is 12.8 Å². The molecule has 138 valence electrons. The summed E-state index contributed by atoms with van der Waals surface area (Å²) in [7, 11) is 3.24. The predicted octanol–water partition coefficient (Wildman–Crippen LogP) is 4.84. The minimum Gasteiger partial charge on any atom is -0.493 e. The van der Waals surface area contributed by atoms with Crippen LogP contribution in [0.2, 0.25) is 0 Å². The van der Waals surface area contributed by atoms with Crippen molar-refractivity contribution >= 4 is 22.9 Å². The third-order valence-electron chi connectivity index (χ3n) is 4.51. The molecule has 1 N–H and O–H groups in total. The van der Waals surface area contributed by atoms with E-state index in [2.05, 4.69) is 5.32 Å². The molecule has 0 aliphatic heterocycles. The van der Waals surface area contributed by atoms with Crippen LogP contribution in [0.15, 0.2) is 47.8 Å². The molecule has 2 aromatic carbocycles. The number of ether oxygens (including phenoxy) is 2. The Hall–Kier alpha value is -2.86. The lowest BCUT2D eigenvalue weighted by Crippen LogP contribution is -2.13. The van der Waals surface area contributed by atoms with Gasteiger partial charge < -0.3 is 14.8 Å². The van der Waals surface area contributed by atoms with E-state index >= 15 is 0 Å². The second-order valence-electron chi connectivity index (χ2n) is 6.45. The minimum atomic E-state index is 0.109. The van der Waals surface area contributed by atoms with E-state index in [1.165, 1.54) is 0 Å². The van der Waals surface area contributed by atoms with E-state index in [0.29, 0.717) is 11.5 Å². The van der Waals surface area contributed by atoms with Gasteiger partial charge in [-0.05, 0) is 43.2 Å². The Balaban J connectivity index is 1.58. The quantitative estimate of drug-likeness (QED) is 0.664. The Kier molecular flexibility index (Phi) is 4.81. The van der Waals surface area contributed by atoms with Gasteiger partial charge in [-0.1, -0.05) is 12.1 Å². The Morgan fingerprint density at radius 1 is 1.07 bits per heavy atom. The predicted molar refractivity (Wildman–Crippen MR) is 107 cm³/mol. The molecule has 1 amide bonds. The van der Waals surface area contributed by atoms with Crippen molar-refractivity contribution in [3.8, 4) is 33.3 Å². The van der Waals surface area contributed by atoms with Crippen molar-refractivity contribution in [1.82, 2.24) is 4.98 Å². The molecule has 0 unspecified atom stereocenters. The van der Waals surface area contributed by atoms with Crippen molar-refractivity contribution < 1.29 is 14.3 Å². The molecule has 1 saturated carbocycles. The van der Waals surface area contributed by atoms with Crippen molar-refractivity contribution in [3.05, 3.63) is 47.8 Å². The smallest absolute Gasteiger partial charge is 0.227 e. The topological polar surface area (TPSA) is 60.5 Å². The van der Waals surface area contributed by atoms with E-state index in [9.17, 15) is 4.79 Å². The highest BCUT2D eigenvalue weighted by Gasteiger charge is 2.29. The molecule has 0 radical (unpaired) electrons. The first kappa shape index (κ1) is 17.5. The Bertz CT molecular complexity index is 979. The molecule has 1 aliphatic carbocycles. The summed E-state index contributed by atoms with van der Waals surface area (Å²) in [4.78, 5) is 16.7. The normalized spacial score (nSPS) is 13.3. The molecule has 6 heteroatoms. The van der Waals surface area contributed by atoms with Crippen molar-refractivity contribution in [2.45, 2.75) is 12.8 Å². The van der Waals surface area contributed by atoms with Crippen LogP contribution in [0, 0.1) is 5.92 Å². The fourth-order valence-corrected chi connectivity index (χ4v) is 3.68. The van der Waals surface area contributed by atoms with Crippen molar-refractivity contribution in [3.63, 3.8) is 0 Å². The van der Waals surface area contributed by atoms with E-state index in [1.807, 2.05) is 47.8 Å². The lowest BCUT2D eigenvalue weighted by molar-refractivity contribution is -0.117. The molecule has 3 aromatic rings. The molecule has 5 nitrogen and oxygen atoms in total. The number of thiazole rings is 1. The molecule has 0 bridgehead atoms. The lowest BCUT2D eigenvalue weighted by atomic mass is 10.1. The van der Waals surface area contributed by atoms with Crippen LogP contribution in [0.25, 0.3) is 21.8 Å². The fraction of sp³-hybridized carbons (Fsp3) is 0.238. The number of rotatable bonds is 6. The number of aromatic nitrogens is 1. The molecule has 27 heavy (non-hydrogen) atoms. The van der Waals surface area contributed by atoms with Gasteiger partial charge in [0.25, 0.3) is 0 Å². The number of nitrogens with one attached hydrogen (secondary N) is 1. The first-order valence-electron chi connectivity index (χ1n) is 8.77. The summed E-state index contributed by atoms with van der Waals surface area (Å²) in [5.41, 5.74) is 3.64. The molecule has 1 aliphatic rings. The maximum absolute atomic E-state index is 12.0. The standard InChI is InChI=1S/C21H20N2O3S/c1-25-18-9-8-14(11-19(18)26-2)17-12-27-21(23-17)15-4-3-5-16(10-15)22-20(24)13-6-7-13/h3-5,8-13H,6-7H2,1-2H3,(H,22,24). The van der Waals surface area contributed by atoms with E-state index < -0.39 is 0 Å². The zero-order valence-corrected chi connectivity index (χ0v) is 16.0. The minimum absolute atomic E-state index is 0.109. The van der Waals surface area contributed by atoms with Gasteiger partial charge in [-0.25, -0.2) is 4.98 Å². The number of amides is 1. The molecular formula is C21H20N2O3S. The maximum atomic E-state index is 12.0. The number of hydrogen-bond donors (Lipinski definition) is 1. The third kappa shape index (κ3) is 3.80. The van der Waals surface area contributed by atoms with Crippen LogP contribution in [-0.2, 0) is 4.79 Å². The Morgan fingerprint density at radius 3 is 2.63 bits per heavy atom. The fourth-order valence-electron chi connectivity index (χ4n) is 2.85. The summed E-state index contributed by atoms with van der Waals surface area (Å²) in [5.74, 6) is 1.66. The highest BCUT2D eigenvalue weighted by molar-refractivity contribution is 7.13. The van der Waals surface area contributed by atoms with E-state index in [1.54, 1.807) is 25.6 Å². The zero-order valence-electron chi connectivity index (χ0n) is 15.2. The van der Waals surface area contributed by atoms with Crippen molar-refractivity contribution in [1.29, 1.82) is 0 Å². The molecule has 0 saturated heterocycles. The molecule has 1 heterocycles. The van der Waals surface area contributed by atoms with Gasteiger partial charge in [-0.15, -0.1) is 11.3 Å². The summed E-state index contributed by atoms with van der Waals surface area (Å²) < 4.78 is 10.7. The van der Waals surface area contributed by atoms with Crippen LogP contribution in [0.5, 0.6) is 11.5 Å². The van der Waals surface area contributed by atoms with Gasteiger partial charge in [0.1, 0.15) is 5.01 Å². The molecule has 1 fully saturated rings. The number of hydrogen-bond acceptors (Lipinski definition) is 5. The summed E-state index contributed by atoms with van der Waals surface area (Å²) in [6.07, 6.45) is 1.99. The summed E-state index contributed by atoms with van der Waals surface area (Å²) >= 11 is 1.57. The van der Waals surface area contributed by atoms with E-state index in [0.717, 1.165) is 40.4 Å². The van der Waals surface area contributed by atoms with Gasteiger partial charge in [0, 0.05) is 28.1 Å². The number of carbonyl (C=O) groups excluding carboxylic acids is 1. The number of methoxy groups -OCH3 is 2. The highest BCUT2D eigenvalue weighted by Crippen LogP contribution is 2.35. The lowest BCUT2D eigenvalue weighted by Gasteiger charge is -2.08. The second kappa shape index (κ2) is 7.40. The highest BCUT2D eigenvalue weighted by atomic mass is 32.1. The molecule has 0 spiro atoms. The number of anilines is 1. The Morgan fingerprint density at radius 2 is 1.89 bits per heavy atom. The van der Waals surface area contributed by atoms with Gasteiger partial charge >= 0.3 is 0 Å². The van der Waals surface area contributed by atoms with Gasteiger partial charge in [-0.2, -0.15) is 0 Å². The number of nitrogens with zero attached hydrogens (tertiary/aromatic N) is 1. The van der Waals surface area contributed by atoms with Crippen LogP contribution >= 0.6 is 11.3 Å². The maximum Gasteiger partial charge on any atom is 0.227 e. The monoisotopic (exact) mass is 380 g/mol. The first-order valence-corrected chi connectivity index (χ1v) is 9.65. The summed E-state index contributed by atoms with van der Waals surface area (Å²) in [5, 5.41) is 5.91. The first-order chi connectivity index (χ1) is 13.2. The van der Waals surface area contributed by atoms with Gasteiger partial charge in [0.2, 0.25) is 5.91 Å². The largest absolute Gasteiger partial charge is 0.493 e. The second-order valence-corrected chi connectivity index (χ2v) is 7.31. The zero-order chi connectivity index (χ0) is 18.8. The average molecular weight is 380 g/mol. The van der Waals surface area contributed by atoms with Gasteiger partial charge in [0.05, 0.1) is 19.9 Å². The molecular weight excluding hydrogens is 360 g/mol. The van der Waals surface area contributed by atoms with Crippen molar-refractivity contribution in [2.75, 3.05) is 19.5 Å². The summed E-state index contributed by atoms with van der Waals surface area (Å²) in [6, 6.07) is 13.6. The number of benzene rings is 2. The molecule has 1 aromatic heterocycles.